The lowest BCUT2D eigenvalue weighted by Gasteiger charge is -2.12. The zero-order valence-electron chi connectivity index (χ0n) is 14.6. The van der Waals surface area contributed by atoms with Gasteiger partial charge in [-0.3, -0.25) is 4.79 Å². The summed E-state index contributed by atoms with van der Waals surface area (Å²) >= 11 is 15.2. The summed E-state index contributed by atoms with van der Waals surface area (Å²) in [5.74, 6) is 2.61. The maximum atomic E-state index is 12.4. The quantitative estimate of drug-likeness (QED) is 0.345. The molecule has 1 amide bonds. The van der Waals surface area contributed by atoms with E-state index in [2.05, 4.69) is 27.2 Å². The van der Waals surface area contributed by atoms with Gasteiger partial charge in [0.15, 0.2) is 11.5 Å². The predicted molar refractivity (Wildman–Crippen MR) is 114 cm³/mol. The zero-order chi connectivity index (χ0) is 20.7. The van der Waals surface area contributed by atoms with Gasteiger partial charge in [-0.25, -0.2) is 0 Å². The van der Waals surface area contributed by atoms with E-state index >= 15 is 0 Å². The highest BCUT2D eigenvalue weighted by Crippen LogP contribution is 2.37. The fraction of sp³-hybridized carbons (Fsp3) is 0.100. The van der Waals surface area contributed by atoms with Gasteiger partial charge in [0.2, 0.25) is 0 Å². The van der Waals surface area contributed by atoms with Crippen molar-refractivity contribution < 1.29 is 14.3 Å². The number of nitrogens with zero attached hydrogens (tertiary/aromatic N) is 1. The molecule has 5 nitrogen and oxygen atoms in total. The molecule has 0 saturated heterocycles. The van der Waals surface area contributed by atoms with E-state index in [1.54, 1.807) is 24.3 Å². The van der Waals surface area contributed by atoms with E-state index in [4.69, 9.17) is 39.1 Å². The Morgan fingerprint density at radius 2 is 2.07 bits per heavy atom. The van der Waals surface area contributed by atoms with Crippen molar-refractivity contribution in [1.29, 1.82) is 5.26 Å². The third kappa shape index (κ3) is 5.43. The highest BCUT2D eigenvalue weighted by atomic mass is 79.9. The Kier molecular flexibility index (Phi) is 7.78. The van der Waals surface area contributed by atoms with E-state index in [0.29, 0.717) is 32.2 Å². The summed E-state index contributed by atoms with van der Waals surface area (Å²) in [6, 6.07) is 9.81. The van der Waals surface area contributed by atoms with Crippen molar-refractivity contribution in [2.24, 2.45) is 0 Å². The Labute approximate surface area is 181 Å². The summed E-state index contributed by atoms with van der Waals surface area (Å²) in [5, 5.41) is 12.6. The molecule has 142 valence electrons. The molecule has 2 aromatic rings. The number of terminal acetylenes is 1. The number of benzene rings is 2. The normalized spacial score (nSPS) is 10.6. The van der Waals surface area contributed by atoms with Crippen molar-refractivity contribution in [3.05, 3.63) is 56.0 Å². The number of methoxy groups -OCH3 is 1. The van der Waals surface area contributed by atoms with Gasteiger partial charge in [0, 0.05) is 5.69 Å². The molecule has 0 unspecified atom stereocenters. The molecule has 8 heteroatoms. The molecule has 0 fully saturated rings. The van der Waals surface area contributed by atoms with Gasteiger partial charge in [-0.15, -0.1) is 6.42 Å². The fourth-order valence-electron chi connectivity index (χ4n) is 2.16. The number of ether oxygens (including phenoxy) is 2. The topological polar surface area (TPSA) is 71.3 Å². The second-order valence-corrected chi connectivity index (χ2v) is 6.95. The van der Waals surface area contributed by atoms with Crippen molar-refractivity contribution in [1.82, 2.24) is 0 Å². The predicted octanol–water partition coefficient (Wildman–Crippen LogP) is 5.32. The van der Waals surface area contributed by atoms with Crippen LogP contribution in [0.15, 0.2) is 40.4 Å². The van der Waals surface area contributed by atoms with E-state index in [-0.39, 0.29) is 17.2 Å². The molecule has 0 saturated carbocycles. The number of amides is 1. The first-order valence-electron chi connectivity index (χ1n) is 7.71. The van der Waals surface area contributed by atoms with Gasteiger partial charge < -0.3 is 14.8 Å². The number of nitriles is 1. The van der Waals surface area contributed by atoms with Crippen molar-refractivity contribution in [3.63, 3.8) is 0 Å². The Hall–Kier alpha value is -2.64. The van der Waals surface area contributed by atoms with Crippen LogP contribution >= 0.6 is 39.1 Å². The molecular formula is C20H13BrCl2N2O3. The first kappa shape index (κ1) is 21.7. The zero-order valence-corrected chi connectivity index (χ0v) is 17.7. The summed E-state index contributed by atoms with van der Waals surface area (Å²) in [5.41, 5.74) is 0.854. The molecule has 2 rings (SSSR count). The molecule has 2 aromatic carbocycles. The molecule has 0 aliphatic heterocycles. The lowest BCUT2D eigenvalue weighted by atomic mass is 10.1. The minimum atomic E-state index is -0.594. The highest BCUT2D eigenvalue weighted by molar-refractivity contribution is 9.10. The van der Waals surface area contributed by atoms with Crippen LogP contribution in [0.5, 0.6) is 11.5 Å². The second kappa shape index (κ2) is 10.1. The van der Waals surface area contributed by atoms with Crippen LogP contribution in [0.3, 0.4) is 0 Å². The molecule has 1 N–H and O–H groups in total. The van der Waals surface area contributed by atoms with E-state index in [1.165, 1.54) is 19.3 Å². The SMILES string of the molecule is C#CCOc1c(Br)cc(/C=C(\C#N)C(=O)Nc2ccc(Cl)c(Cl)c2)cc1OC. The summed E-state index contributed by atoms with van der Waals surface area (Å²) < 4.78 is 11.3. The maximum Gasteiger partial charge on any atom is 0.266 e. The van der Waals surface area contributed by atoms with E-state index in [0.717, 1.165) is 0 Å². The average molecular weight is 480 g/mol. The number of anilines is 1. The van der Waals surface area contributed by atoms with Crippen molar-refractivity contribution >= 4 is 56.8 Å². The Morgan fingerprint density at radius 1 is 1.32 bits per heavy atom. The van der Waals surface area contributed by atoms with Crippen LogP contribution in [-0.2, 0) is 4.79 Å². The molecule has 28 heavy (non-hydrogen) atoms. The Balaban J connectivity index is 2.31. The van der Waals surface area contributed by atoms with Crippen LogP contribution in [0, 0.1) is 23.7 Å². The first-order valence-corrected chi connectivity index (χ1v) is 9.26. The summed E-state index contributed by atoms with van der Waals surface area (Å²) in [4.78, 5) is 12.4. The summed E-state index contributed by atoms with van der Waals surface area (Å²) in [6.07, 6.45) is 6.63. The van der Waals surface area contributed by atoms with E-state index in [1.807, 2.05) is 6.07 Å². The van der Waals surface area contributed by atoms with Crippen LogP contribution in [-0.4, -0.2) is 19.6 Å². The summed E-state index contributed by atoms with van der Waals surface area (Å²) in [6.45, 7) is 0.0691. The molecule has 0 aromatic heterocycles. The second-order valence-electron chi connectivity index (χ2n) is 5.28. The molecule has 0 bridgehead atoms. The third-order valence-corrected chi connectivity index (χ3v) is 4.73. The minimum absolute atomic E-state index is 0.0691. The minimum Gasteiger partial charge on any atom is -0.493 e. The van der Waals surface area contributed by atoms with Crippen LogP contribution < -0.4 is 14.8 Å². The number of hydrogen-bond donors (Lipinski definition) is 1. The van der Waals surface area contributed by atoms with Gasteiger partial charge in [0.25, 0.3) is 5.91 Å². The van der Waals surface area contributed by atoms with E-state index < -0.39 is 5.91 Å². The first-order chi connectivity index (χ1) is 13.4. The van der Waals surface area contributed by atoms with Crippen LogP contribution in [0.4, 0.5) is 5.69 Å². The average Bonchev–Trinajstić information content (AvgIpc) is 2.67. The number of rotatable bonds is 6. The van der Waals surface area contributed by atoms with Crippen LogP contribution in [0.25, 0.3) is 6.08 Å². The van der Waals surface area contributed by atoms with Gasteiger partial charge >= 0.3 is 0 Å². The van der Waals surface area contributed by atoms with Gasteiger partial charge in [-0.2, -0.15) is 5.26 Å². The third-order valence-electron chi connectivity index (χ3n) is 3.41. The molecule has 0 spiro atoms. The van der Waals surface area contributed by atoms with Gasteiger partial charge in [0.05, 0.1) is 21.6 Å². The number of nitrogens with one attached hydrogen (secondary N) is 1. The molecular weight excluding hydrogens is 467 g/mol. The standard InChI is InChI=1S/C20H13BrCl2N2O3/c1-3-6-28-19-15(21)8-12(9-18(19)27-2)7-13(11-24)20(26)25-14-4-5-16(22)17(23)10-14/h1,4-5,7-10H,6H2,2H3,(H,25,26)/b13-7+. The highest BCUT2D eigenvalue weighted by Gasteiger charge is 2.14. The molecule has 0 heterocycles. The number of halogens is 3. The maximum absolute atomic E-state index is 12.4. The number of carbonyl (C=O) groups is 1. The number of hydrogen-bond acceptors (Lipinski definition) is 4. The van der Waals surface area contributed by atoms with Crippen LogP contribution in [0.1, 0.15) is 5.56 Å². The molecule has 0 radical (unpaired) electrons. The molecule has 0 atom stereocenters. The molecule has 0 aliphatic carbocycles. The van der Waals surface area contributed by atoms with Crippen molar-refractivity contribution in [2.75, 3.05) is 19.0 Å². The smallest absolute Gasteiger partial charge is 0.266 e. The Bertz CT molecular complexity index is 1020. The monoisotopic (exact) mass is 478 g/mol. The lowest BCUT2D eigenvalue weighted by Crippen LogP contribution is -2.13. The van der Waals surface area contributed by atoms with E-state index in [9.17, 15) is 10.1 Å². The number of carbonyl (C=O) groups excluding carboxylic acids is 1. The molecule has 0 aliphatic rings. The summed E-state index contributed by atoms with van der Waals surface area (Å²) in [7, 11) is 1.47. The van der Waals surface area contributed by atoms with Gasteiger partial charge in [0.1, 0.15) is 18.2 Å². The lowest BCUT2D eigenvalue weighted by molar-refractivity contribution is -0.112. The largest absolute Gasteiger partial charge is 0.493 e. The van der Waals surface area contributed by atoms with Gasteiger partial charge in [-0.1, -0.05) is 29.1 Å². The van der Waals surface area contributed by atoms with Crippen molar-refractivity contribution in [3.8, 4) is 29.9 Å². The van der Waals surface area contributed by atoms with Gasteiger partial charge in [-0.05, 0) is 57.9 Å². The van der Waals surface area contributed by atoms with Crippen molar-refractivity contribution in [2.45, 2.75) is 0 Å². The fourth-order valence-corrected chi connectivity index (χ4v) is 3.04. The van der Waals surface area contributed by atoms with Crippen LogP contribution in [0.2, 0.25) is 10.0 Å². The Morgan fingerprint density at radius 3 is 2.68 bits per heavy atom.